The van der Waals surface area contributed by atoms with E-state index in [1.165, 1.54) is 32.1 Å². The molecule has 2 aromatic carbocycles. The van der Waals surface area contributed by atoms with Gasteiger partial charge >= 0.3 is 6.03 Å². The molecule has 2 aliphatic heterocycles. The Balaban J connectivity index is 1.52. The van der Waals surface area contributed by atoms with Crippen LogP contribution in [0.4, 0.5) is 10.5 Å². The van der Waals surface area contributed by atoms with Gasteiger partial charge in [0, 0.05) is 30.8 Å². The molecule has 190 valence electrons. The van der Waals surface area contributed by atoms with Crippen molar-refractivity contribution in [3.8, 4) is 0 Å². The summed E-state index contributed by atoms with van der Waals surface area (Å²) in [5, 5.41) is 15.1. The monoisotopic (exact) mass is 481 g/mol. The molecule has 2 aliphatic rings. The molecule has 0 radical (unpaired) electrons. The number of urea groups is 1. The van der Waals surface area contributed by atoms with Crippen LogP contribution < -0.4 is 10.6 Å². The maximum Gasteiger partial charge on any atom is 0.319 e. The molecule has 7 nitrogen and oxygen atoms in total. The van der Waals surface area contributed by atoms with Gasteiger partial charge in [-0.15, -0.1) is 0 Å². The Kier molecular flexibility index (Phi) is 9.54. The Morgan fingerprint density at radius 3 is 2.46 bits per heavy atom. The lowest BCUT2D eigenvalue weighted by Crippen LogP contribution is -2.40. The van der Waals surface area contributed by atoms with Crippen molar-refractivity contribution in [2.75, 3.05) is 31.5 Å². The standard InChI is InChI=1S/C28H39N3O4/c1-2-29-28(33)30-24-10-8-9-23(17-24)27-34-25(19-31-15-6-4-3-5-7-16-31)18-26(35-27)22-13-11-21(20-32)12-14-22/h8-14,17,25-27,32H,2-7,15-16,18-20H2,1H3,(H2,29,30,33)/t25-,26+,27+/m0/s1. The maximum atomic E-state index is 12.0. The molecule has 35 heavy (non-hydrogen) atoms. The van der Waals surface area contributed by atoms with Crippen LogP contribution in [0.5, 0.6) is 0 Å². The lowest BCUT2D eigenvalue weighted by Gasteiger charge is -2.39. The molecule has 2 heterocycles. The van der Waals surface area contributed by atoms with Gasteiger partial charge in [-0.1, -0.05) is 55.7 Å². The number of hydrogen-bond donors (Lipinski definition) is 3. The third-order valence-corrected chi connectivity index (χ3v) is 6.78. The van der Waals surface area contributed by atoms with Crippen LogP contribution in [0, 0.1) is 0 Å². The minimum atomic E-state index is -0.526. The molecule has 0 bridgehead atoms. The summed E-state index contributed by atoms with van der Waals surface area (Å²) in [6.45, 7) is 5.61. The molecule has 2 fully saturated rings. The van der Waals surface area contributed by atoms with Crippen molar-refractivity contribution in [2.45, 2.75) is 70.6 Å². The number of aliphatic hydroxyl groups is 1. The van der Waals surface area contributed by atoms with Crippen molar-refractivity contribution in [3.05, 3.63) is 65.2 Å². The van der Waals surface area contributed by atoms with E-state index in [4.69, 9.17) is 9.47 Å². The Bertz CT molecular complexity index is 928. The largest absolute Gasteiger partial charge is 0.392 e. The highest BCUT2D eigenvalue weighted by atomic mass is 16.7. The van der Waals surface area contributed by atoms with Gasteiger partial charge < -0.3 is 30.1 Å². The summed E-state index contributed by atoms with van der Waals surface area (Å²) >= 11 is 0. The molecule has 4 rings (SSSR count). The van der Waals surface area contributed by atoms with Crippen LogP contribution in [-0.4, -0.2) is 48.3 Å². The van der Waals surface area contributed by atoms with E-state index in [1.54, 1.807) is 0 Å². The summed E-state index contributed by atoms with van der Waals surface area (Å²) in [6, 6.07) is 15.4. The maximum absolute atomic E-state index is 12.0. The van der Waals surface area contributed by atoms with Gasteiger partial charge in [-0.05, 0) is 56.1 Å². The smallest absolute Gasteiger partial charge is 0.319 e. The van der Waals surface area contributed by atoms with E-state index in [9.17, 15) is 9.90 Å². The third-order valence-electron chi connectivity index (χ3n) is 6.78. The number of anilines is 1. The van der Waals surface area contributed by atoms with E-state index < -0.39 is 6.29 Å². The van der Waals surface area contributed by atoms with E-state index in [0.717, 1.165) is 42.7 Å². The van der Waals surface area contributed by atoms with Crippen LogP contribution >= 0.6 is 0 Å². The second kappa shape index (κ2) is 13.0. The number of likely N-dealkylation sites (tertiary alicyclic amines) is 1. The number of amides is 2. The highest BCUT2D eigenvalue weighted by Gasteiger charge is 2.33. The van der Waals surface area contributed by atoms with E-state index in [-0.39, 0.29) is 24.8 Å². The van der Waals surface area contributed by atoms with Gasteiger partial charge in [0.25, 0.3) is 0 Å². The number of rotatable bonds is 7. The van der Waals surface area contributed by atoms with Gasteiger partial charge in [0.2, 0.25) is 0 Å². The number of carbonyl (C=O) groups is 1. The fourth-order valence-electron chi connectivity index (χ4n) is 4.92. The quantitative estimate of drug-likeness (QED) is 0.511. The normalized spacial score (nSPS) is 23.8. The van der Waals surface area contributed by atoms with Crippen molar-refractivity contribution in [1.82, 2.24) is 10.2 Å². The van der Waals surface area contributed by atoms with Crippen molar-refractivity contribution in [3.63, 3.8) is 0 Å². The lowest BCUT2D eigenvalue weighted by atomic mass is 9.99. The van der Waals surface area contributed by atoms with Crippen LogP contribution in [-0.2, 0) is 16.1 Å². The van der Waals surface area contributed by atoms with Gasteiger partial charge in [0.1, 0.15) is 0 Å². The number of ether oxygens (including phenoxy) is 2. The predicted octanol–water partition coefficient (Wildman–Crippen LogP) is 5.13. The molecule has 2 aromatic rings. The molecule has 3 atom stereocenters. The summed E-state index contributed by atoms with van der Waals surface area (Å²) in [7, 11) is 0. The molecule has 0 aromatic heterocycles. The average molecular weight is 482 g/mol. The summed E-state index contributed by atoms with van der Waals surface area (Å²) < 4.78 is 13.0. The highest BCUT2D eigenvalue weighted by molar-refractivity contribution is 5.89. The van der Waals surface area contributed by atoms with Crippen molar-refractivity contribution >= 4 is 11.7 Å². The second-order valence-corrected chi connectivity index (χ2v) is 9.53. The number of hydrogen-bond acceptors (Lipinski definition) is 5. The van der Waals surface area contributed by atoms with Crippen molar-refractivity contribution in [1.29, 1.82) is 0 Å². The number of benzene rings is 2. The summed E-state index contributed by atoms with van der Waals surface area (Å²) in [5.74, 6) is 0. The Morgan fingerprint density at radius 2 is 1.74 bits per heavy atom. The van der Waals surface area contributed by atoms with E-state index in [1.807, 2.05) is 55.5 Å². The number of carbonyl (C=O) groups excluding carboxylic acids is 1. The summed E-state index contributed by atoms with van der Waals surface area (Å²) in [4.78, 5) is 14.6. The first-order valence-electron chi connectivity index (χ1n) is 13.0. The molecular formula is C28H39N3O4. The van der Waals surface area contributed by atoms with Crippen LogP contribution in [0.2, 0.25) is 0 Å². The van der Waals surface area contributed by atoms with Crippen LogP contribution in [0.15, 0.2) is 48.5 Å². The molecular weight excluding hydrogens is 442 g/mol. The molecule has 2 saturated heterocycles. The average Bonchev–Trinajstić information content (AvgIpc) is 2.86. The van der Waals surface area contributed by atoms with E-state index in [2.05, 4.69) is 15.5 Å². The van der Waals surface area contributed by atoms with Gasteiger partial charge in [0.15, 0.2) is 6.29 Å². The fraction of sp³-hybridized carbons (Fsp3) is 0.536. The van der Waals surface area contributed by atoms with Crippen molar-refractivity contribution in [2.24, 2.45) is 0 Å². The van der Waals surface area contributed by atoms with Crippen LogP contribution in [0.1, 0.15) is 74.5 Å². The molecule has 0 saturated carbocycles. The number of nitrogens with zero attached hydrogens (tertiary/aromatic N) is 1. The van der Waals surface area contributed by atoms with E-state index >= 15 is 0 Å². The van der Waals surface area contributed by atoms with Gasteiger partial charge in [-0.2, -0.15) is 0 Å². The molecule has 7 heteroatoms. The predicted molar refractivity (Wildman–Crippen MR) is 137 cm³/mol. The molecule has 0 unspecified atom stereocenters. The zero-order valence-corrected chi connectivity index (χ0v) is 20.7. The first-order chi connectivity index (χ1) is 17.1. The Morgan fingerprint density at radius 1 is 1.00 bits per heavy atom. The SMILES string of the molecule is CCNC(=O)Nc1cccc([C@@H]2O[C@H](CN3CCCCCCC3)C[C@H](c3ccc(CO)cc3)O2)c1. The van der Waals surface area contributed by atoms with Crippen LogP contribution in [0.3, 0.4) is 0 Å². The van der Waals surface area contributed by atoms with Crippen LogP contribution in [0.25, 0.3) is 0 Å². The van der Waals surface area contributed by atoms with Crippen molar-refractivity contribution < 1.29 is 19.4 Å². The van der Waals surface area contributed by atoms with E-state index in [0.29, 0.717) is 12.2 Å². The minimum Gasteiger partial charge on any atom is -0.392 e. The Labute approximate surface area is 208 Å². The minimum absolute atomic E-state index is 0.0283. The number of aliphatic hydroxyl groups excluding tert-OH is 1. The first-order valence-corrected chi connectivity index (χ1v) is 13.0. The fourth-order valence-corrected chi connectivity index (χ4v) is 4.92. The molecule has 3 N–H and O–H groups in total. The molecule has 2 amide bonds. The highest BCUT2D eigenvalue weighted by Crippen LogP contribution is 2.38. The second-order valence-electron chi connectivity index (χ2n) is 9.53. The topological polar surface area (TPSA) is 83.1 Å². The van der Waals surface area contributed by atoms with Gasteiger partial charge in [0.05, 0.1) is 18.8 Å². The number of nitrogens with one attached hydrogen (secondary N) is 2. The molecule has 0 aliphatic carbocycles. The van der Waals surface area contributed by atoms with Gasteiger partial charge in [-0.3, -0.25) is 0 Å². The zero-order valence-electron chi connectivity index (χ0n) is 20.7. The summed E-state index contributed by atoms with van der Waals surface area (Å²) in [5.41, 5.74) is 3.56. The van der Waals surface area contributed by atoms with Gasteiger partial charge in [-0.25, -0.2) is 4.79 Å². The lowest BCUT2D eigenvalue weighted by molar-refractivity contribution is -0.253. The Hall–Kier alpha value is -2.45. The first kappa shape index (κ1) is 25.6. The third kappa shape index (κ3) is 7.51. The molecule has 0 spiro atoms. The summed E-state index contributed by atoms with van der Waals surface area (Å²) in [6.07, 6.45) is 6.62. The zero-order chi connectivity index (χ0) is 24.5.